The molecule has 0 saturated carbocycles. The highest BCUT2D eigenvalue weighted by Crippen LogP contribution is 2.34. The number of hydrogen-bond donors (Lipinski definition) is 0. The van der Waals surface area contributed by atoms with Crippen LogP contribution < -0.4 is 0 Å². The molecular formula is C16H14ClNS. The highest BCUT2D eigenvalue weighted by atomic mass is 35.5. The van der Waals surface area contributed by atoms with Crippen LogP contribution >= 0.6 is 22.9 Å². The first-order valence-corrected chi connectivity index (χ1v) is 7.38. The van der Waals surface area contributed by atoms with Gasteiger partial charge in [0.05, 0.1) is 10.2 Å². The summed E-state index contributed by atoms with van der Waals surface area (Å²) in [5, 5.41) is 1.83. The molecule has 0 atom stereocenters. The summed E-state index contributed by atoms with van der Waals surface area (Å²) in [6, 6.07) is 10.5. The van der Waals surface area contributed by atoms with E-state index in [4.69, 9.17) is 16.6 Å². The molecule has 0 aliphatic carbocycles. The van der Waals surface area contributed by atoms with E-state index in [1.807, 2.05) is 19.1 Å². The third-order valence-corrected chi connectivity index (χ3v) is 4.71. The van der Waals surface area contributed by atoms with Crippen molar-refractivity contribution in [2.45, 2.75) is 20.8 Å². The van der Waals surface area contributed by atoms with Crippen molar-refractivity contribution in [3.05, 3.63) is 52.0 Å². The van der Waals surface area contributed by atoms with E-state index in [1.54, 1.807) is 11.3 Å². The molecule has 19 heavy (non-hydrogen) atoms. The van der Waals surface area contributed by atoms with Gasteiger partial charge >= 0.3 is 0 Å². The highest BCUT2D eigenvalue weighted by molar-refractivity contribution is 7.21. The molecule has 1 nitrogen and oxygen atoms in total. The van der Waals surface area contributed by atoms with Crippen LogP contribution in [0.2, 0.25) is 5.02 Å². The second-order valence-electron chi connectivity index (χ2n) is 4.91. The first-order valence-electron chi connectivity index (χ1n) is 6.19. The molecule has 0 fully saturated rings. The molecule has 0 bridgehead atoms. The largest absolute Gasteiger partial charge is 0.236 e. The van der Waals surface area contributed by atoms with E-state index in [0.29, 0.717) is 0 Å². The van der Waals surface area contributed by atoms with Crippen LogP contribution in [-0.4, -0.2) is 4.98 Å². The lowest BCUT2D eigenvalue weighted by Crippen LogP contribution is -1.81. The van der Waals surface area contributed by atoms with Crippen molar-refractivity contribution >= 4 is 33.2 Å². The van der Waals surface area contributed by atoms with Gasteiger partial charge in [0.25, 0.3) is 0 Å². The van der Waals surface area contributed by atoms with Crippen molar-refractivity contribution in [1.29, 1.82) is 0 Å². The number of nitrogens with zero attached hydrogens (tertiary/aromatic N) is 1. The van der Waals surface area contributed by atoms with E-state index in [-0.39, 0.29) is 0 Å². The molecule has 1 heterocycles. The van der Waals surface area contributed by atoms with Crippen LogP contribution in [0.3, 0.4) is 0 Å². The number of aryl methyl sites for hydroxylation is 3. The summed E-state index contributed by atoms with van der Waals surface area (Å²) in [6.45, 7) is 6.24. The van der Waals surface area contributed by atoms with Crippen molar-refractivity contribution in [2.75, 3.05) is 0 Å². The molecule has 0 amide bonds. The molecule has 3 aromatic rings. The van der Waals surface area contributed by atoms with E-state index in [0.717, 1.165) is 26.7 Å². The summed E-state index contributed by atoms with van der Waals surface area (Å²) in [5.74, 6) is 0. The number of thiazole rings is 1. The zero-order valence-corrected chi connectivity index (χ0v) is 12.7. The second-order valence-corrected chi connectivity index (χ2v) is 6.35. The molecular weight excluding hydrogens is 274 g/mol. The fourth-order valence-electron chi connectivity index (χ4n) is 2.22. The zero-order valence-electron chi connectivity index (χ0n) is 11.1. The average molecular weight is 288 g/mol. The molecule has 3 rings (SSSR count). The minimum Gasteiger partial charge on any atom is -0.236 e. The maximum Gasteiger partial charge on any atom is 0.124 e. The molecule has 3 heteroatoms. The number of benzene rings is 2. The minimum absolute atomic E-state index is 0.796. The van der Waals surface area contributed by atoms with E-state index in [1.165, 1.54) is 15.8 Å². The van der Waals surface area contributed by atoms with Gasteiger partial charge in [-0.3, -0.25) is 0 Å². The monoisotopic (exact) mass is 287 g/mol. The maximum atomic E-state index is 6.20. The van der Waals surface area contributed by atoms with Gasteiger partial charge in [0.1, 0.15) is 5.01 Å². The summed E-state index contributed by atoms with van der Waals surface area (Å²) in [5.41, 5.74) is 5.80. The van der Waals surface area contributed by atoms with E-state index >= 15 is 0 Å². The van der Waals surface area contributed by atoms with Crippen molar-refractivity contribution in [2.24, 2.45) is 0 Å². The molecule has 0 radical (unpaired) electrons. The van der Waals surface area contributed by atoms with Crippen LogP contribution in [0.5, 0.6) is 0 Å². The SMILES string of the molecule is Cc1cc(C)c2nc(-c3ccc(C)c(Cl)c3)sc2c1. The van der Waals surface area contributed by atoms with Gasteiger partial charge in [-0.2, -0.15) is 0 Å². The Morgan fingerprint density at radius 3 is 2.53 bits per heavy atom. The summed E-state index contributed by atoms with van der Waals surface area (Å²) in [4.78, 5) is 4.75. The molecule has 0 aliphatic rings. The number of aromatic nitrogens is 1. The maximum absolute atomic E-state index is 6.20. The standard InChI is InChI=1S/C16H14ClNS/c1-9-6-11(3)15-14(7-9)19-16(18-15)12-5-4-10(2)13(17)8-12/h4-8H,1-3H3. The Morgan fingerprint density at radius 1 is 1.00 bits per heavy atom. The Hall–Kier alpha value is -1.38. The molecule has 1 aromatic heterocycles. The third-order valence-electron chi connectivity index (χ3n) is 3.25. The van der Waals surface area contributed by atoms with E-state index in [9.17, 15) is 0 Å². The molecule has 0 unspecified atom stereocenters. The van der Waals surface area contributed by atoms with Crippen LogP contribution in [0.1, 0.15) is 16.7 Å². The fraction of sp³-hybridized carbons (Fsp3) is 0.188. The molecule has 96 valence electrons. The van der Waals surface area contributed by atoms with Crippen LogP contribution in [0.15, 0.2) is 30.3 Å². The molecule has 0 aliphatic heterocycles. The van der Waals surface area contributed by atoms with Gasteiger partial charge in [0.15, 0.2) is 0 Å². The van der Waals surface area contributed by atoms with Crippen LogP contribution in [0, 0.1) is 20.8 Å². The number of fused-ring (bicyclic) bond motifs is 1. The average Bonchev–Trinajstić information content (AvgIpc) is 2.76. The number of hydrogen-bond acceptors (Lipinski definition) is 2. The van der Waals surface area contributed by atoms with Gasteiger partial charge in [0, 0.05) is 10.6 Å². The third kappa shape index (κ3) is 2.26. The first-order chi connectivity index (χ1) is 9.04. The lowest BCUT2D eigenvalue weighted by molar-refractivity contribution is 1.38. The summed E-state index contributed by atoms with van der Waals surface area (Å²) in [6.07, 6.45) is 0. The summed E-state index contributed by atoms with van der Waals surface area (Å²) in [7, 11) is 0. The Labute approximate surface area is 121 Å². The highest BCUT2D eigenvalue weighted by Gasteiger charge is 2.09. The van der Waals surface area contributed by atoms with Crippen molar-refractivity contribution in [3.8, 4) is 10.6 Å². The molecule has 0 N–H and O–H groups in total. The fourth-order valence-corrected chi connectivity index (χ4v) is 3.54. The second kappa shape index (κ2) is 4.62. The minimum atomic E-state index is 0.796. The van der Waals surface area contributed by atoms with Crippen molar-refractivity contribution in [1.82, 2.24) is 4.98 Å². The van der Waals surface area contributed by atoms with E-state index < -0.39 is 0 Å². The van der Waals surface area contributed by atoms with Crippen molar-refractivity contribution in [3.63, 3.8) is 0 Å². The van der Waals surface area contributed by atoms with Crippen LogP contribution in [0.4, 0.5) is 0 Å². The Kier molecular flexibility index (Phi) is 3.08. The zero-order chi connectivity index (χ0) is 13.6. The van der Waals surface area contributed by atoms with Crippen LogP contribution in [-0.2, 0) is 0 Å². The van der Waals surface area contributed by atoms with E-state index in [2.05, 4.69) is 32.0 Å². The summed E-state index contributed by atoms with van der Waals surface area (Å²) < 4.78 is 1.24. The topological polar surface area (TPSA) is 12.9 Å². The smallest absolute Gasteiger partial charge is 0.124 e. The van der Waals surface area contributed by atoms with Gasteiger partial charge < -0.3 is 0 Å². The predicted molar refractivity (Wildman–Crippen MR) is 84.3 cm³/mol. The quantitative estimate of drug-likeness (QED) is 0.572. The normalized spacial score (nSPS) is 11.2. The first kappa shape index (κ1) is 12.6. The lowest BCUT2D eigenvalue weighted by atomic mass is 10.1. The van der Waals surface area contributed by atoms with Gasteiger partial charge in [-0.05, 0) is 49.6 Å². The Morgan fingerprint density at radius 2 is 1.79 bits per heavy atom. The molecule has 2 aromatic carbocycles. The van der Waals surface area contributed by atoms with Crippen molar-refractivity contribution < 1.29 is 0 Å². The van der Waals surface area contributed by atoms with Crippen LogP contribution in [0.25, 0.3) is 20.8 Å². The van der Waals surface area contributed by atoms with Gasteiger partial charge in [-0.25, -0.2) is 4.98 Å². The van der Waals surface area contributed by atoms with Gasteiger partial charge in [0.2, 0.25) is 0 Å². The molecule has 0 saturated heterocycles. The molecule has 0 spiro atoms. The summed E-state index contributed by atoms with van der Waals surface area (Å²) >= 11 is 7.92. The number of rotatable bonds is 1. The Bertz CT molecular complexity index is 774. The Balaban J connectivity index is 2.20. The van der Waals surface area contributed by atoms with Gasteiger partial charge in [-0.1, -0.05) is 29.8 Å². The number of halogens is 1. The lowest BCUT2D eigenvalue weighted by Gasteiger charge is -2.00. The predicted octanol–water partition coefficient (Wildman–Crippen LogP) is 5.54. The van der Waals surface area contributed by atoms with Gasteiger partial charge in [-0.15, -0.1) is 11.3 Å².